The summed E-state index contributed by atoms with van der Waals surface area (Å²) in [6, 6.07) is 7.17. The molecule has 0 heterocycles. The van der Waals surface area contributed by atoms with Crippen LogP contribution in [0.5, 0.6) is 5.75 Å². The molecule has 0 spiro atoms. The van der Waals surface area contributed by atoms with Gasteiger partial charge in [0.15, 0.2) is 5.78 Å². The van der Waals surface area contributed by atoms with Crippen LogP contribution in [0.2, 0.25) is 0 Å². The van der Waals surface area contributed by atoms with E-state index in [0.29, 0.717) is 24.5 Å². The van der Waals surface area contributed by atoms with Crippen LogP contribution in [0.4, 0.5) is 0 Å². The number of benzene rings is 1. The molecule has 0 atom stereocenters. The predicted molar refractivity (Wildman–Crippen MR) is 76.3 cm³/mol. The number of carbonyl (C=O) groups excluding carboxylic acids is 1. The Morgan fingerprint density at radius 3 is 2.50 bits per heavy atom. The van der Waals surface area contributed by atoms with Crippen molar-refractivity contribution in [1.82, 2.24) is 4.90 Å². The monoisotopic (exact) mass is 279 g/mol. The quantitative estimate of drug-likeness (QED) is 0.738. The molecule has 5 heteroatoms. The Hall–Kier alpha value is -1.88. The van der Waals surface area contributed by atoms with Gasteiger partial charge in [0.1, 0.15) is 12.4 Å². The van der Waals surface area contributed by atoms with E-state index < -0.39 is 5.97 Å². The number of ether oxygens (including phenoxy) is 1. The van der Waals surface area contributed by atoms with Crippen molar-refractivity contribution in [1.29, 1.82) is 0 Å². The summed E-state index contributed by atoms with van der Waals surface area (Å²) in [5, 5.41) is 8.84. The van der Waals surface area contributed by atoms with Crippen molar-refractivity contribution in [2.45, 2.75) is 26.8 Å². The van der Waals surface area contributed by atoms with Crippen LogP contribution in [0.25, 0.3) is 0 Å². The number of para-hydroxylation sites is 1. The molecule has 0 amide bonds. The highest BCUT2D eigenvalue weighted by Crippen LogP contribution is 2.18. The molecule has 0 fully saturated rings. The van der Waals surface area contributed by atoms with Crippen LogP contribution in [-0.4, -0.2) is 47.5 Å². The molecule has 0 saturated heterocycles. The number of nitrogens with zero attached hydrogens (tertiary/aromatic N) is 1. The minimum absolute atomic E-state index is 0.0185. The normalized spacial score (nSPS) is 10.8. The Kier molecular flexibility index (Phi) is 6.18. The summed E-state index contributed by atoms with van der Waals surface area (Å²) in [6.07, 6.45) is 0. The van der Waals surface area contributed by atoms with Gasteiger partial charge >= 0.3 is 5.97 Å². The van der Waals surface area contributed by atoms with Crippen molar-refractivity contribution >= 4 is 11.8 Å². The number of ketones is 1. The van der Waals surface area contributed by atoms with Crippen molar-refractivity contribution < 1.29 is 19.4 Å². The Balaban J connectivity index is 2.59. The molecular formula is C15H21NO4. The van der Waals surface area contributed by atoms with Crippen molar-refractivity contribution in [3.63, 3.8) is 0 Å². The highest BCUT2D eigenvalue weighted by atomic mass is 16.5. The van der Waals surface area contributed by atoms with E-state index in [-0.39, 0.29) is 18.4 Å². The Bertz CT molecular complexity index is 471. The zero-order valence-corrected chi connectivity index (χ0v) is 12.1. The SMILES string of the molecule is CC(=O)c1ccccc1OCCN(CC(=O)O)C(C)C. The molecule has 0 aliphatic heterocycles. The Labute approximate surface area is 119 Å². The zero-order chi connectivity index (χ0) is 15.1. The number of carbonyl (C=O) groups is 2. The average molecular weight is 279 g/mol. The third-order valence-corrected chi connectivity index (χ3v) is 2.97. The maximum absolute atomic E-state index is 11.4. The van der Waals surface area contributed by atoms with Crippen molar-refractivity contribution in [3.8, 4) is 5.75 Å². The van der Waals surface area contributed by atoms with Gasteiger partial charge in [-0.2, -0.15) is 0 Å². The number of hydrogen-bond donors (Lipinski definition) is 1. The van der Waals surface area contributed by atoms with Gasteiger partial charge in [0.2, 0.25) is 0 Å². The van der Waals surface area contributed by atoms with Crippen LogP contribution in [0, 0.1) is 0 Å². The lowest BCUT2D eigenvalue weighted by Crippen LogP contribution is -2.38. The van der Waals surface area contributed by atoms with Crippen LogP contribution in [0.15, 0.2) is 24.3 Å². The minimum atomic E-state index is -0.858. The van der Waals surface area contributed by atoms with E-state index in [0.717, 1.165) is 0 Å². The first kappa shape index (κ1) is 16.2. The van der Waals surface area contributed by atoms with Crippen molar-refractivity contribution in [2.24, 2.45) is 0 Å². The summed E-state index contributed by atoms with van der Waals surface area (Å²) in [5.41, 5.74) is 0.543. The number of carboxylic acid groups (broad SMARTS) is 1. The second kappa shape index (κ2) is 7.65. The van der Waals surface area contributed by atoms with Crippen LogP contribution in [0.1, 0.15) is 31.1 Å². The topological polar surface area (TPSA) is 66.8 Å². The highest BCUT2D eigenvalue weighted by Gasteiger charge is 2.14. The van der Waals surface area contributed by atoms with Crippen LogP contribution in [-0.2, 0) is 4.79 Å². The molecule has 1 aromatic carbocycles. The standard InChI is InChI=1S/C15H21NO4/c1-11(2)16(10-15(18)19)8-9-20-14-7-5-4-6-13(14)12(3)17/h4-7,11H,8-10H2,1-3H3,(H,18,19). The van der Waals surface area contributed by atoms with Crippen molar-refractivity contribution in [2.75, 3.05) is 19.7 Å². The summed E-state index contributed by atoms with van der Waals surface area (Å²) in [5.74, 6) is -0.367. The molecule has 0 unspecified atom stereocenters. The summed E-state index contributed by atoms with van der Waals surface area (Å²) in [4.78, 5) is 24.0. The predicted octanol–water partition coefficient (Wildman–Crippen LogP) is 2.06. The molecule has 0 aliphatic rings. The first-order valence-electron chi connectivity index (χ1n) is 6.60. The maximum atomic E-state index is 11.4. The van der Waals surface area contributed by atoms with Crippen LogP contribution < -0.4 is 4.74 Å². The van der Waals surface area contributed by atoms with E-state index >= 15 is 0 Å². The smallest absolute Gasteiger partial charge is 0.317 e. The molecule has 0 radical (unpaired) electrons. The first-order valence-corrected chi connectivity index (χ1v) is 6.60. The molecule has 0 bridgehead atoms. The number of hydrogen-bond acceptors (Lipinski definition) is 4. The second-order valence-electron chi connectivity index (χ2n) is 4.86. The number of Topliss-reactive ketones (excluding diaryl/α,β-unsaturated/α-hetero) is 1. The fourth-order valence-electron chi connectivity index (χ4n) is 1.85. The molecule has 1 rings (SSSR count). The van der Waals surface area contributed by atoms with E-state index in [2.05, 4.69) is 0 Å². The van der Waals surface area contributed by atoms with Crippen molar-refractivity contribution in [3.05, 3.63) is 29.8 Å². The summed E-state index contributed by atoms with van der Waals surface area (Å²) in [7, 11) is 0. The molecule has 1 N–H and O–H groups in total. The van der Waals surface area contributed by atoms with Gasteiger partial charge in [-0.3, -0.25) is 14.5 Å². The van der Waals surface area contributed by atoms with Gasteiger partial charge in [-0.15, -0.1) is 0 Å². The molecule has 110 valence electrons. The van der Waals surface area contributed by atoms with Gasteiger partial charge in [-0.1, -0.05) is 12.1 Å². The number of aliphatic carboxylic acids is 1. The molecular weight excluding hydrogens is 258 g/mol. The summed E-state index contributed by atoms with van der Waals surface area (Å²) >= 11 is 0. The average Bonchev–Trinajstić information content (AvgIpc) is 2.37. The lowest BCUT2D eigenvalue weighted by Gasteiger charge is -2.24. The lowest BCUT2D eigenvalue weighted by atomic mass is 10.1. The fraction of sp³-hybridized carbons (Fsp3) is 0.467. The van der Waals surface area contributed by atoms with E-state index in [1.165, 1.54) is 6.92 Å². The molecule has 20 heavy (non-hydrogen) atoms. The fourth-order valence-corrected chi connectivity index (χ4v) is 1.85. The second-order valence-corrected chi connectivity index (χ2v) is 4.86. The zero-order valence-electron chi connectivity index (χ0n) is 12.1. The van der Waals surface area contributed by atoms with Crippen LogP contribution >= 0.6 is 0 Å². The molecule has 1 aromatic rings. The highest BCUT2D eigenvalue weighted by molar-refractivity contribution is 5.96. The molecule has 0 saturated carbocycles. The van der Waals surface area contributed by atoms with Gasteiger partial charge in [0.05, 0.1) is 12.1 Å². The van der Waals surface area contributed by atoms with E-state index in [4.69, 9.17) is 9.84 Å². The van der Waals surface area contributed by atoms with E-state index in [1.54, 1.807) is 29.2 Å². The van der Waals surface area contributed by atoms with Gasteiger partial charge < -0.3 is 9.84 Å². The van der Waals surface area contributed by atoms with Gasteiger partial charge in [-0.25, -0.2) is 0 Å². The lowest BCUT2D eigenvalue weighted by molar-refractivity contribution is -0.138. The minimum Gasteiger partial charge on any atom is -0.491 e. The van der Waals surface area contributed by atoms with Crippen LogP contribution in [0.3, 0.4) is 0 Å². The van der Waals surface area contributed by atoms with Gasteiger partial charge in [-0.05, 0) is 32.9 Å². The Morgan fingerprint density at radius 1 is 1.30 bits per heavy atom. The van der Waals surface area contributed by atoms with Gasteiger partial charge in [0.25, 0.3) is 0 Å². The number of carboxylic acids is 1. The summed E-state index contributed by atoms with van der Waals surface area (Å²) < 4.78 is 5.61. The number of rotatable bonds is 8. The van der Waals surface area contributed by atoms with E-state index in [1.807, 2.05) is 13.8 Å². The molecule has 5 nitrogen and oxygen atoms in total. The largest absolute Gasteiger partial charge is 0.491 e. The third-order valence-electron chi connectivity index (χ3n) is 2.97. The molecule has 0 aromatic heterocycles. The Morgan fingerprint density at radius 2 is 1.95 bits per heavy atom. The first-order chi connectivity index (χ1) is 9.41. The molecule has 0 aliphatic carbocycles. The van der Waals surface area contributed by atoms with Gasteiger partial charge in [0, 0.05) is 12.6 Å². The summed E-state index contributed by atoms with van der Waals surface area (Å²) in [6.45, 7) is 6.19. The third kappa shape index (κ3) is 5.01. The van der Waals surface area contributed by atoms with E-state index in [9.17, 15) is 9.59 Å². The maximum Gasteiger partial charge on any atom is 0.317 e.